The first-order valence-corrected chi connectivity index (χ1v) is 9.69. The van der Waals surface area contributed by atoms with Gasteiger partial charge in [-0.3, -0.25) is 14.4 Å². The SMILES string of the molecule is CCOC(=O)C(CCN[C@@H](CCCCNC(=O)C(F)(F)F)C(=O)O)c1ccccc1. The van der Waals surface area contributed by atoms with Crippen molar-refractivity contribution in [1.82, 2.24) is 10.6 Å². The minimum atomic E-state index is -4.93. The van der Waals surface area contributed by atoms with E-state index in [1.54, 1.807) is 36.5 Å². The van der Waals surface area contributed by atoms with E-state index >= 15 is 0 Å². The van der Waals surface area contributed by atoms with Crippen molar-refractivity contribution < 1.29 is 37.4 Å². The Morgan fingerprint density at radius 2 is 1.73 bits per heavy atom. The zero-order valence-electron chi connectivity index (χ0n) is 16.7. The Labute approximate surface area is 173 Å². The standard InChI is InChI=1S/C20H27F3N2O5/c1-2-30-18(28)15(14-8-4-3-5-9-14)11-13-24-16(17(26)27)10-6-7-12-25-19(29)20(21,22)23/h3-5,8-9,15-16,24H,2,6-7,10-13H2,1H3,(H,25,29)(H,26,27)/t15?,16-/m0/s1. The first-order chi connectivity index (χ1) is 14.2. The Balaban J connectivity index is 2.47. The van der Waals surface area contributed by atoms with Gasteiger partial charge in [0.1, 0.15) is 6.04 Å². The van der Waals surface area contributed by atoms with Gasteiger partial charge in [0.25, 0.3) is 0 Å². The molecule has 0 heterocycles. The predicted molar refractivity (Wildman–Crippen MR) is 103 cm³/mol. The van der Waals surface area contributed by atoms with Crippen LogP contribution in [0.15, 0.2) is 30.3 Å². The van der Waals surface area contributed by atoms with Crippen molar-refractivity contribution >= 4 is 17.8 Å². The normalized spacial score (nSPS) is 13.3. The zero-order chi connectivity index (χ0) is 22.6. The van der Waals surface area contributed by atoms with Crippen LogP contribution in [-0.2, 0) is 19.1 Å². The molecule has 1 unspecified atom stereocenters. The molecule has 3 N–H and O–H groups in total. The number of amides is 1. The number of carboxylic acid groups (broad SMARTS) is 1. The van der Waals surface area contributed by atoms with Gasteiger partial charge < -0.3 is 20.5 Å². The van der Waals surface area contributed by atoms with E-state index < -0.39 is 36.0 Å². The average Bonchev–Trinajstić information content (AvgIpc) is 2.69. The van der Waals surface area contributed by atoms with Gasteiger partial charge >= 0.3 is 24.0 Å². The molecule has 1 amide bonds. The van der Waals surface area contributed by atoms with Crippen LogP contribution in [0.5, 0.6) is 0 Å². The van der Waals surface area contributed by atoms with Gasteiger partial charge in [0, 0.05) is 6.54 Å². The molecular formula is C20H27F3N2O5. The predicted octanol–water partition coefficient (Wildman–Crippen LogP) is 2.62. The van der Waals surface area contributed by atoms with Gasteiger partial charge in [0.15, 0.2) is 0 Å². The monoisotopic (exact) mass is 432 g/mol. The second-order valence-corrected chi connectivity index (χ2v) is 6.60. The number of alkyl halides is 3. The van der Waals surface area contributed by atoms with Crippen LogP contribution in [0.2, 0.25) is 0 Å². The maximum Gasteiger partial charge on any atom is 0.471 e. The van der Waals surface area contributed by atoms with Crippen molar-refractivity contribution in [2.45, 2.75) is 50.7 Å². The van der Waals surface area contributed by atoms with E-state index in [4.69, 9.17) is 4.74 Å². The van der Waals surface area contributed by atoms with Crippen molar-refractivity contribution in [2.24, 2.45) is 0 Å². The maximum atomic E-state index is 12.2. The van der Waals surface area contributed by atoms with Crippen molar-refractivity contribution in [3.63, 3.8) is 0 Å². The Morgan fingerprint density at radius 1 is 1.07 bits per heavy atom. The molecule has 1 aromatic carbocycles. The molecule has 0 spiro atoms. The fourth-order valence-electron chi connectivity index (χ4n) is 2.84. The highest BCUT2D eigenvalue weighted by Gasteiger charge is 2.38. The number of hydrogen-bond acceptors (Lipinski definition) is 5. The molecule has 0 fully saturated rings. The van der Waals surface area contributed by atoms with Crippen LogP contribution in [-0.4, -0.2) is 54.9 Å². The topological polar surface area (TPSA) is 105 Å². The lowest BCUT2D eigenvalue weighted by Gasteiger charge is -2.19. The van der Waals surface area contributed by atoms with E-state index in [9.17, 15) is 32.7 Å². The fourth-order valence-corrected chi connectivity index (χ4v) is 2.84. The molecule has 0 saturated carbocycles. The molecule has 0 aliphatic heterocycles. The number of nitrogens with one attached hydrogen (secondary N) is 2. The molecule has 0 saturated heterocycles. The minimum absolute atomic E-state index is 0.173. The van der Waals surface area contributed by atoms with Crippen molar-refractivity contribution in [2.75, 3.05) is 19.7 Å². The largest absolute Gasteiger partial charge is 0.480 e. The van der Waals surface area contributed by atoms with Crippen LogP contribution in [0, 0.1) is 0 Å². The van der Waals surface area contributed by atoms with Crippen molar-refractivity contribution in [3.05, 3.63) is 35.9 Å². The lowest BCUT2D eigenvalue weighted by molar-refractivity contribution is -0.173. The number of ether oxygens (including phenoxy) is 1. The first-order valence-electron chi connectivity index (χ1n) is 9.69. The third-order valence-electron chi connectivity index (χ3n) is 4.36. The number of benzene rings is 1. The number of halogens is 3. The summed E-state index contributed by atoms with van der Waals surface area (Å²) in [4.78, 5) is 34.4. The zero-order valence-corrected chi connectivity index (χ0v) is 16.7. The molecule has 0 bridgehead atoms. The van der Waals surface area contributed by atoms with Crippen LogP contribution in [0.25, 0.3) is 0 Å². The van der Waals surface area contributed by atoms with Gasteiger partial charge in [-0.2, -0.15) is 13.2 Å². The van der Waals surface area contributed by atoms with Crippen LogP contribution in [0.1, 0.15) is 44.1 Å². The van der Waals surface area contributed by atoms with E-state index in [0.29, 0.717) is 12.8 Å². The number of unbranched alkanes of at least 4 members (excludes halogenated alkanes) is 1. The van der Waals surface area contributed by atoms with E-state index in [1.807, 2.05) is 6.07 Å². The maximum absolute atomic E-state index is 12.2. The lowest BCUT2D eigenvalue weighted by Crippen LogP contribution is -2.39. The Morgan fingerprint density at radius 3 is 2.30 bits per heavy atom. The highest BCUT2D eigenvalue weighted by molar-refractivity contribution is 5.81. The van der Waals surface area contributed by atoms with Gasteiger partial charge in [-0.25, -0.2) is 0 Å². The molecule has 2 atom stereocenters. The summed E-state index contributed by atoms with van der Waals surface area (Å²) in [6.45, 7) is 1.98. The van der Waals surface area contributed by atoms with Gasteiger partial charge in [-0.15, -0.1) is 0 Å². The van der Waals surface area contributed by atoms with Gasteiger partial charge in [-0.05, 0) is 44.7 Å². The summed E-state index contributed by atoms with van der Waals surface area (Å²) in [5.41, 5.74) is 0.769. The quantitative estimate of drug-likeness (QED) is 0.327. The highest BCUT2D eigenvalue weighted by atomic mass is 19.4. The van der Waals surface area contributed by atoms with E-state index in [0.717, 1.165) is 5.56 Å². The number of aliphatic carboxylic acids is 1. The molecule has 10 heteroatoms. The summed E-state index contributed by atoms with van der Waals surface area (Å²) in [6.07, 6.45) is -3.91. The molecule has 1 rings (SSSR count). The van der Waals surface area contributed by atoms with Crippen LogP contribution in [0.4, 0.5) is 13.2 Å². The summed E-state index contributed by atoms with van der Waals surface area (Å²) in [5.74, 6) is -4.04. The smallest absolute Gasteiger partial charge is 0.471 e. The van der Waals surface area contributed by atoms with E-state index in [2.05, 4.69) is 5.32 Å². The number of carbonyl (C=O) groups is 3. The van der Waals surface area contributed by atoms with Gasteiger partial charge in [0.05, 0.1) is 12.5 Å². The number of carbonyl (C=O) groups excluding carboxylic acids is 2. The van der Waals surface area contributed by atoms with Crippen molar-refractivity contribution in [3.8, 4) is 0 Å². The molecule has 30 heavy (non-hydrogen) atoms. The second kappa shape index (κ2) is 12.8. The summed E-state index contributed by atoms with van der Waals surface area (Å²) in [7, 11) is 0. The summed E-state index contributed by atoms with van der Waals surface area (Å²) >= 11 is 0. The molecule has 0 aromatic heterocycles. The van der Waals surface area contributed by atoms with E-state index in [1.165, 1.54) is 0 Å². The summed E-state index contributed by atoms with van der Waals surface area (Å²) < 4.78 is 41.4. The minimum Gasteiger partial charge on any atom is -0.480 e. The Kier molecular flexibility index (Phi) is 10.9. The Bertz CT molecular complexity index is 683. The lowest BCUT2D eigenvalue weighted by atomic mass is 9.95. The average molecular weight is 432 g/mol. The van der Waals surface area contributed by atoms with E-state index in [-0.39, 0.29) is 32.5 Å². The molecule has 0 aliphatic carbocycles. The first kappa shape index (κ1) is 25.4. The number of rotatable bonds is 13. The van der Waals surface area contributed by atoms with Gasteiger partial charge in [-0.1, -0.05) is 30.3 Å². The fraction of sp³-hybridized carbons (Fsp3) is 0.550. The number of hydrogen-bond donors (Lipinski definition) is 3. The number of carboxylic acids is 1. The van der Waals surface area contributed by atoms with Crippen LogP contribution >= 0.6 is 0 Å². The van der Waals surface area contributed by atoms with Crippen molar-refractivity contribution in [1.29, 1.82) is 0 Å². The highest BCUT2D eigenvalue weighted by Crippen LogP contribution is 2.21. The summed E-state index contributed by atoms with van der Waals surface area (Å²) in [6, 6.07) is 8.10. The third-order valence-corrected chi connectivity index (χ3v) is 4.36. The van der Waals surface area contributed by atoms with Crippen LogP contribution < -0.4 is 10.6 Å². The molecular weight excluding hydrogens is 405 g/mol. The second-order valence-electron chi connectivity index (χ2n) is 6.60. The molecule has 1 aromatic rings. The molecule has 0 radical (unpaired) electrons. The Hall–Kier alpha value is -2.62. The molecule has 0 aliphatic rings. The molecule has 7 nitrogen and oxygen atoms in total. The van der Waals surface area contributed by atoms with Crippen LogP contribution in [0.3, 0.4) is 0 Å². The number of esters is 1. The summed E-state index contributed by atoms with van der Waals surface area (Å²) in [5, 5.41) is 13.9. The third kappa shape index (κ3) is 9.25. The molecule has 168 valence electrons. The van der Waals surface area contributed by atoms with Gasteiger partial charge in [0.2, 0.25) is 0 Å².